The second-order valence-electron chi connectivity index (χ2n) is 6.83. The van der Waals surface area contributed by atoms with Crippen molar-refractivity contribution in [1.29, 1.82) is 0 Å². The molecule has 0 saturated heterocycles. The molecular formula is C17H25ClN2O2. The van der Waals surface area contributed by atoms with Gasteiger partial charge in [0.2, 0.25) is 0 Å². The van der Waals surface area contributed by atoms with Crippen LogP contribution in [0.25, 0.3) is 0 Å². The molecule has 5 heteroatoms. The Bertz CT molecular complexity index is 498. The number of hydrogen-bond donors (Lipinski definition) is 3. The van der Waals surface area contributed by atoms with Crippen molar-refractivity contribution in [3.63, 3.8) is 0 Å². The van der Waals surface area contributed by atoms with Crippen LogP contribution >= 0.6 is 11.6 Å². The lowest BCUT2D eigenvalue weighted by molar-refractivity contribution is 0.199. The third-order valence-electron chi connectivity index (χ3n) is 4.13. The van der Waals surface area contributed by atoms with E-state index in [4.69, 9.17) is 16.7 Å². The molecule has 0 bridgehead atoms. The molecule has 3 N–H and O–H groups in total. The first kappa shape index (κ1) is 17.1. The summed E-state index contributed by atoms with van der Waals surface area (Å²) in [5.41, 5.74) is 0.984. The molecule has 1 fully saturated rings. The SMILES string of the molecule is CC(C)(CCO)CNC(=O)NC(c1ccc(Cl)cc1)C1CC1. The van der Waals surface area contributed by atoms with Gasteiger partial charge >= 0.3 is 6.03 Å². The number of aliphatic hydroxyl groups is 1. The summed E-state index contributed by atoms with van der Waals surface area (Å²) in [4.78, 5) is 12.2. The standard InChI is InChI=1S/C17H25ClN2O2/c1-17(2,9-10-21)11-19-16(22)20-15(12-3-4-12)13-5-7-14(18)8-6-13/h5-8,12,15,21H,3-4,9-11H2,1-2H3,(H2,19,20,22). The molecule has 2 amide bonds. The molecule has 122 valence electrons. The van der Waals surface area contributed by atoms with E-state index >= 15 is 0 Å². The Morgan fingerprint density at radius 1 is 1.36 bits per heavy atom. The molecule has 1 aliphatic rings. The van der Waals surface area contributed by atoms with Gasteiger partial charge in [-0.05, 0) is 48.3 Å². The molecule has 22 heavy (non-hydrogen) atoms. The minimum absolute atomic E-state index is 0.0400. The minimum atomic E-state index is -0.155. The van der Waals surface area contributed by atoms with E-state index in [0.717, 1.165) is 18.4 Å². The fraction of sp³-hybridized carbons (Fsp3) is 0.588. The second-order valence-corrected chi connectivity index (χ2v) is 7.27. The molecule has 0 aliphatic heterocycles. The highest BCUT2D eigenvalue weighted by Crippen LogP contribution is 2.41. The number of carbonyl (C=O) groups is 1. The van der Waals surface area contributed by atoms with Gasteiger partial charge < -0.3 is 15.7 Å². The minimum Gasteiger partial charge on any atom is -0.396 e. The van der Waals surface area contributed by atoms with Gasteiger partial charge in [0.25, 0.3) is 0 Å². The number of rotatable bonds is 7. The van der Waals surface area contributed by atoms with Crippen LogP contribution in [0.3, 0.4) is 0 Å². The van der Waals surface area contributed by atoms with E-state index in [2.05, 4.69) is 10.6 Å². The first-order valence-corrected chi connectivity index (χ1v) is 8.20. The van der Waals surface area contributed by atoms with Crippen LogP contribution in [0.4, 0.5) is 4.79 Å². The normalized spacial score (nSPS) is 16.2. The summed E-state index contributed by atoms with van der Waals surface area (Å²) in [6.07, 6.45) is 2.95. The Morgan fingerprint density at radius 3 is 2.55 bits per heavy atom. The van der Waals surface area contributed by atoms with Gasteiger partial charge in [-0.1, -0.05) is 37.6 Å². The van der Waals surface area contributed by atoms with Crippen LogP contribution in [0.1, 0.15) is 44.7 Å². The molecule has 0 spiro atoms. The topological polar surface area (TPSA) is 61.4 Å². The highest BCUT2D eigenvalue weighted by Gasteiger charge is 2.33. The lowest BCUT2D eigenvalue weighted by atomic mass is 9.90. The van der Waals surface area contributed by atoms with Crippen molar-refractivity contribution in [3.8, 4) is 0 Å². The summed E-state index contributed by atoms with van der Waals surface area (Å²) in [6.45, 7) is 4.73. The highest BCUT2D eigenvalue weighted by atomic mass is 35.5. The van der Waals surface area contributed by atoms with Crippen molar-refractivity contribution in [3.05, 3.63) is 34.9 Å². The van der Waals surface area contributed by atoms with Crippen molar-refractivity contribution in [2.24, 2.45) is 11.3 Å². The van der Waals surface area contributed by atoms with Gasteiger partial charge in [0.15, 0.2) is 0 Å². The van der Waals surface area contributed by atoms with Crippen LogP contribution in [-0.4, -0.2) is 24.3 Å². The monoisotopic (exact) mass is 324 g/mol. The Balaban J connectivity index is 1.91. The number of hydrogen-bond acceptors (Lipinski definition) is 2. The Kier molecular flexibility index (Phi) is 5.70. The third-order valence-corrected chi connectivity index (χ3v) is 4.38. The van der Waals surface area contributed by atoms with Gasteiger partial charge in [-0.25, -0.2) is 4.79 Å². The quantitative estimate of drug-likeness (QED) is 0.719. The molecule has 1 aromatic carbocycles. The number of aliphatic hydroxyl groups excluding tert-OH is 1. The van der Waals surface area contributed by atoms with Crippen molar-refractivity contribution in [2.75, 3.05) is 13.2 Å². The molecule has 0 aromatic heterocycles. The van der Waals surface area contributed by atoms with E-state index in [-0.39, 0.29) is 24.1 Å². The van der Waals surface area contributed by atoms with Crippen LogP contribution in [-0.2, 0) is 0 Å². The highest BCUT2D eigenvalue weighted by molar-refractivity contribution is 6.30. The van der Waals surface area contributed by atoms with Gasteiger partial charge in [0.05, 0.1) is 6.04 Å². The molecule has 1 saturated carbocycles. The fourth-order valence-electron chi connectivity index (χ4n) is 2.48. The number of halogens is 1. The molecule has 1 atom stereocenters. The summed E-state index contributed by atoms with van der Waals surface area (Å²) in [5, 5.41) is 15.7. The van der Waals surface area contributed by atoms with Crippen molar-refractivity contribution in [1.82, 2.24) is 10.6 Å². The molecule has 1 aliphatic carbocycles. The first-order chi connectivity index (χ1) is 10.4. The number of amides is 2. The van der Waals surface area contributed by atoms with Crippen LogP contribution in [0, 0.1) is 11.3 Å². The Labute approximate surface area is 137 Å². The zero-order valence-corrected chi connectivity index (χ0v) is 14.0. The maximum atomic E-state index is 12.2. The van der Waals surface area contributed by atoms with E-state index in [0.29, 0.717) is 23.9 Å². The van der Waals surface area contributed by atoms with E-state index in [1.807, 2.05) is 38.1 Å². The van der Waals surface area contributed by atoms with Crippen LogP contribution in [0.5, 0.6) is 0 Å². The van der Waals surface area contributed by atoms with Crippen LogP contribution < -0.4 is 10.6 Å². The van der Waals surface area contributed by atoms with Crippen molar-refractivity contribution in [2.45, 2.75) is 39.2 Å². The van der Waals surface area contributed by atoms with Gasteiger partial charge in [0, 0.05) is 18.2 Å². The molecule has 2 rings (SSSR count). The summed E-state index contributed by atoms with van der Waals surface area (Å²) in [5.74, 6) is 0.511. The van der Waals surface area contributed by atoms with Crippen molar-refractivity contribution >= 4 is 17.6 Å². The molecule has 1 unspecified atom stereocenters. The van der Waals surface area contributed by atoms with Gasteiger partial charge in [-0.2, -0.15) is 0 Å². The molecule has 1 aromatic rings. The second kappa shape index (κ2) is 7.34. The average molecular weight is 325 g/mol. The summed E-state index contributed by atoms with van der Waals surface area (Å²) in [7, 11) is 0. The fourth-order valence-corrected chi connectivity index (χ4v) is 2.60. The van der Waals surface area contributed by atoms with Crippen molar-refractivity contribution < 1.29 is 9.90 Å². The summed E-state index contributed by atoms with van der Waals surface area (Å²) in [6, 6.07) is 7.55. The predicted molar refractivity (Wildman–Crippen MR) is 88.9 cm³/mol. The lowest BCUT2D eigenvalue weighted by Gasteiger charge is -2.25. The maximum Gasteiger partial charge on any atom is 0.315 e. The number of benzene rings is 1. The van der Waals surface area contributed by atoms with E-state index < -0.39 is 0 Å². The third kappa shape index (κ3) is 5.18. The lowest BCUT2D eigenvalue weighted by Crippen LogP contribution is -2.42. The number of urea groups is 1. The Hall–Kier alpha value is -1.26. The van der Waals surface area contributed by atoms with Gasteiger partial charge in [-0.15, -0.1) is 0 Å². The summed E-state index contributed by atoms with van der Waals surface area (Å²) < 4.78 is 0. The van der Waals surface area contributed by atoms with E-state index in [9.17, 15) is 4.79 Å². The number of nitrogens with one attached hydrogen (secondary N) is 2. The molecular weight excluding hydrogens is 300 g/mol. The van der Waals surface area contributed by atoms with Gasteiger partial charge in [-0.3, -0.25) is 0 Å². The Morgan fingerprint density at radius 2 is 2.00 bits per heavy atom. The molecule has 0 radical (unpaired) electrons. The zero-order chi connectivity index (χ0) is 16.2. The molecule has 4 nitrogen and oxygen atoms in total. The van der Waals surface area contributed by atoms with Crippen LogP contribution in [0.2, 0.25) is 5.02 Å². The summed E-state index contributed by atoms with van der Waals surface area (Å²) >= 11 is 5.93. The van der Waals surface area contributed by atoms with E-state index in [1.54, 1.807) is 0 Å². The number of carbonyl (C=O) groups excluding carboxylic acids is 1. The van der Waals surface area contributed by atoms with Gasteiger partial charge in [0.1, 0.15) is 0 Å². The largest absolute Gasteiger partial charge is 0.396 e. The predicted octanol–water partition coefficient (Wildman–Crippen LogP) is 3.50. The van der Waals surface area contributed by atoms with E-state index in [1.165, 1.54) is 0 Å². The molecule has 0 heterocycles. The first-order valence-electron chi connectivity index (χ1n) is 7.82. The smallest absolute Gasteiger partial charge is 0.315 e. The maximum absolute atomic E-state index is 12.2. The van der Waals surface area contributed by atoms with Crippen LogP contribution in [0.15, 0.2) is 24.3 Å². The average Bonchev–Trinajstić information content (AvgIpc) is 3.28. The zero-order valence-electron chi connectivity index (χ0n) is 13.2.